The van der Waals surface area contributed by atoms with E-state index in [9.17, 15) is 24.3 Å². The summed E-state index contributed by atoms with van der Waals surface area (Å²) in [7, 11) is 0. The van der Waals surface area contributed by atoms with Crippen LogP contribution in [0.15, 0.2) is 18.2 Å². The number of rotatable bonds is 11. The van der Waals surface area contributed by atoms with Crippen LogP contribution in [-0.4, -0.2) is 47.0 Å². The SMILES string of the molecule is CC(C)N[C@@](Cc1ccc(OC(=O)CC(C)(C)C)c(OC(=O)CC(C)(C)C)c1)(OC(=O)OC1CCCCC1)C(=O)O. The van der Waals surface area contributed by atoms with Crippen LogP contribution in [0.1, 0.15) is 106 Å². The Hall–Kier alpha value is -3.14. The van der Waals surface area contributed by atoms with Gasteiger partial charge in [0.2, 0.25) is 0 Å². The van der Waals surface area contributed by atoms with E-state index >= 15 is 0 Å². The number of hydrogen-bond donors (Lipinski definition) is 2. The molecule has 1 aliphatic rings. The van der Waals surface area contributed by atoms with E-state index < -0.39 is 29.8 Å². The molecule has 1 saturated carbocycles. The van der Waals surface area contributed by atoms with E-state index in [1.54, 1.807) is 13.8 Å². The van der Waals surface area contributed by atoms with E-state index in [0.29, 0.717) is 18.4 Å². The zero-order chi connectivity index (χ0) is 31.0. The molecule has 0 amide bonds. The highest BCUT2D eigenvalue weighted by molar-refractivity contribution is 5.81. The Labute approximate surface area is 243 Å². The molecule has 0 aliphatic heterocycles. The molecule has 230 valence electrons. The summed E-state index contributed by atoms with van der Waals surface area (Å²) in [4.78, 5) is 50.7. The van der Waals surface area contributed by atoms with E-state index in [1.807, 2.05) is 41.5 Å². The van der Waals surface area contributed by atoms with Gasteiger partial charge in [-0.25, -0.2) is 9.59 Å². The van der Waals surface area contributed by atoms with Gasteiger partial charge in [0.15, 0.2) is 11.5 Å². The monoisotopic (exact) mass is 577 g/mol. The van der Waals surface area contributed by atoms with Crippen molar-refractivity contribution in [3.63, 3.8) is 0 Å². The summed E-state index contributed by atoms with van der Waals surface area (Å²) < 4.78 is 22.1. The molecule has 2 rings (SSSR count). The zero-order valence-electron chi connectivity index (χ0n) is 25.8. The summed E-state index contributed by atoms with van der Waals surface area (Å²) in [5, 5.41) is 13.1. The normalized spacial score (nSPS) is 16.0. The maximum atomic E-state index is 12.8. The highest BCUT2D eigenvalue weighted by atomic mass is 16.7. The van der Waals surface area contributed by atoms with E-state index in [0.717, 1.165) is 19.3 Å². The maximum Gasteiger partial charge on any atom is 0.510 e. The summed E-state index contributed by atoms with van der Waals surface area (Å²) in [5.74, 6) is -2.47. The number of benzene rings is 1. The number of esters is 2. The molecule has 0 bridgehead atoms. The van der Waals surface area contributed by atoms with E-state index in [1.165, 1.54) is 18.2 Å². The number of nitrogens with one attached hydrogen (secondary N) is 1. The Morgan fingerprint density at radius 2 is 1.41 bits per heavy atom. The molecule has 0 unspecified atom stereocenters. The predicted octanol–water partition coefficient (Wildman–Crippen LogP) is 6.18. The van der Waals surface area contributed by atoms with Crippen molar-refractivity contribution in [2.45, 2.75) is 125 Å². The van der Waals surface area contributed by atoms with Crippen molar-refractivity contribution in [1.29, 1.82) is 0 Å². The number of carbonyl (C=O) groups is 4. The van der Waals surface area contributed by atoms with E-state index in [4.69, 9.17) is 18.9 Å². The van der Waals surface area contributed by atoms with Crippen molar-refractivity contribution in [3.05, 3.63) is 23.8 Å². The number of hydrogen-bond acceptors (Lipinski definition) is 9. The smallest absolute Gasteiger partial charge is 0.477 e. The van der Waals surface area contributed by atoms with Crippen LogP contribution in [0.25, 0.3) is 0 Å². The molecule has 1 aromatic carbocycles. The van der Waals surface area contributed by atoms with Crippen molar-refractivity contribution in [3.8, 4) is 11.5 Å². The second-order valence-electron chi connectivity index (χ2n) is 13.5. The van der Waals surface area contributed by atoms with Gasteiger partial charge in [0.05, 0.1) is 12.8 Å². The Morgan fingerprint density at radius 1 is 0.878 bits per heavy atom. The third-order valence-electron chi connectivity index (χ3n) is 6.20. The zero-order valence-corrected chi connectivity index (χ0v) is 25.8. The standard InChI is InChI=1S/C31H47NO9/c1-20(2)32-31(27(35)36,41-28(37)38-22-12-10-9-11-13-22)17-21-14-15-23(39-25(33)18-29(3,4)5)24(16-21)40-26(34)19-30(6,7)8/h14-16,20,22,32H,9-13,17-19H2,1-8H3,(H,35,36)/t31-/m0/s1. The van der Waals surface area contributed by atoms with Crippen LogP contribution in [0.4, 0.5) is 4.79 Å². The molecular formula is C31H47NO9. The minimum Gasteiger partial charge on any atom is -0.477 e. The quantitative estimate of drug-likeness (QED) is 0.178. The average molecular weight is 578 g/mol. The van der Waals surface area contributed by atoms with E-state index in [2.05, 4.69) is 5.32 Å². The molecule has 0 radical (unpaired) electrons. The second kappa shape index (κ2) is 14.2. The van der Waals surface area contributed by atoms with Crippen molar-refractivity contribution >= 4 is 24.1 Å². The Bertz CT molecular complexity index is 1080. The number of aliphatic carboxylic acids is 1. The summed E-state index contributed by atoms with van der Waals surface area (Å²) in [5.41, 5.74) is -2.49. The summed E-state index contributed by atoms with van der Waals surface area (Å²) in [6.07, 6.45) is 2.82. The number of carboxylic acids is 1. The Balaban J connectivity index is 2.40. The minimum atomic E-state index is -2.17. The lowest BCUT2D eigenvalue weighted by Gasteiger charge is -2.33. The van der Waals surface area contributed by atoms with Crippen LogP contribution in [0.2, 0.25) is 0 Å². The molecule has 10 nitrogen and oxygen atoms in total. The highest BCUT2D eigenvalue weighted by Crippen LogP contribution is 2.33. The predicted molar refractivity (Wildman–Crippen MR) is 153 cm³/mol. The first-order valence-electron chi connectivity index (χ1n) is 14.3. The molecule has 0 aromatic heterocycles. The van der Waals surface area contributed by atoms with Crippen molar-refractivity contribution in [1.82, 2.24) is 5.32 Å². The van der Waals surface area contributed by atoms with Gasteiger partial charge >= 0.3 is 24.1 Å². The van der Waals surface area contributed by atoms with Crippen molar-refractivity contribution in [2.24, 2.45) is 10.8 Å². The Kier molecular flexibility index (Phi) is 11.8. The molecule has 41 heavy (non-hydrogen) atoms. The molecule has 2 N–H and O–H groups in total. The lowest BCUT2D eigenvalue weighted by molar-refractivity contribution is -0.168. The van der Waals surface area contributed by atoms with Gasteiger partial charge in [-0.15, -0.1) is 0 Å². The van der Waals surface area contributed by atoms with Crippen molar-refractivity contribution in [2.75, 3.05) is 0 Å². The van der Waals surface area contributed by atoms with Gasteiger partial charge in [0.25, 0.3) is 5.72 Å². The molecule has 0 heterocycles. The first-order valence-corrected chi connectivity index (χ1v) is 14.3. The van der Waals surface area contributed by atoms with Crippen LogP contribution in [0.3, 0.4) is 0 Å². The largest absolute Gasteiger partial charge is 0.510 e. The topological polar surface area (TPSA) is 137 Å². The molecule has 10 heteroatoms. The van der Waals surface area contributed by atoms with Crippen LogP contribution in [0.5, 0.6) is 11.5 Å². The molecule has 0 saturated heterocycles. The van der Waals surface area contributed by atoms with Crippen LogP contribution >= 0.6 is 0 Å². The van der Waals surface area contributed by atoms with Crippen LogP contribution < -0.4 is 14.8 Å². The molecule has 0 spiro atoms. The molecule has 1 fully saturated rings. The maximum absolute atomic E-state index is 12.8. The van der Waals surface area contributed by atoms with Gasteiger partial charge in [0, 0.05) is 12.5 Å². The first-order chi connectivity index (χ1) is 18.9. The molecule has 1 atom stereocenters. The van der Waals surface area contributed by atoms with Gasteiger partial charge in [-0.1, -0.05) is 54.0 Å². The second-order valence-corrected chi connectivity index (χ2v) is 13.5. The fourth-order valence-corrected chi connectivity index (χ4v) is 4.55. The molecule has 1 aromatic rings. The lowest BCUT2D eigenvalue weighted by Crippen LogP contribution is -2.59. The third-order valence-corrected chi connectivity index (χ3v) is 6.20. The lowest BCUT2D eigenvalue weighted by atomic mass is 9.92. The number of carbonyl (C=O) groups excluding carboxylic acids is 3. The fourth-order valence-electron chi connectivity index (χ4n) is 4.55. The van der Waals surface area contributed by atoms with Gasteiger partial charge in [-0.3, -0.25) is 14.9 Å². The minimum absolute atomic E-state index is 0.0284. The number of ether oxygens (including phenoxy) is 4. The van der Waals surface area contributed by atoms with Gasteiger partial charge < -0.3 is 24.1 Å². The van der Waals surface area contributed by atoms with E-state index in [-0.39, 0.29) is 53.7 Å². The first kappa shape index (κ1) is 34.1. The van der Waals surface area contributed by atoms with Crippen molar-refractivity contribution < 1.29 is 43.2 Å². The molecule has 1 aliphatic carbocycles. The summed E-state index contributed by atoms with van der Waals surface area (Å²) in [6.45, 7) is 14.8. The Morgan fingerprint density at radius 3 is 1.90 bits per heavy atom. The third kappa shape index (κ3) is 12.1. The average Bonchev–Trinajstić information content (AvgIpc) is 2.78. The van der Waals surface area contributed by atoms with Gasteiger partial charge in [0.1, 0.15) is 6.10 Å². The number of carboxylic acid groups (broad SMARTS) is 1. The van der Waals surface area contributed by atoms with Crippen LogP contribution in [0, 0.1) is 10.8 Å². The highest BCUT2D eigenvalue weighted by Gasteiger charge is 2.45. The molecular weight excluding hydrogens is 530 g/mol. The fraction of sp³-hybridized carbons (Fsp3) is 0.677. The summed E-state index contributed by atoms with van der Waals surface area (Å²) in [6, 6.07) is 4.03. The van der Waals surface area contributed by atoms with Gasteiger partial charge in [-0.2, -0.15) is 0 Å². The van der Waals surface area contributed by atoms with Crippen LogP contribution in [-0.2, 0) is 30.3 Å². The van der Waals surface area contributed by atoms with Gasteiger partial charge in [-0.05, 0) is 68.1 Å². The summed E-state index contributed by atoms with van der Waals surface area (Å²) >= 11 is 0.